The molecule has 5 nitrogen and oxygen atoms in total. The number of Topliss-reactive ketones (excluding diaryl/α,β-unsaturated/α-hetero) is 1. The highest BCUT2D eigenvalue weighted by atomic mass is 19.1. The zero-order valence-electron chi connectivity index (χ0n) is 10.9. The molecule has 0 heterocycles. The van der Waals surface area contributed by atoms with Crippen molar-refractivity contribution in [2.24, 2.45) is 5.92 Å². The molecule has 0 atom stereocenters. The number of nitrogens with one attached hydrogen (secondary N) is 1. The summed E-state index contributed by atoms with van der Waals surface area (Å²) >= 11 is 0. The lowest BCUT2D eigenvalue weighted by Gasteiger charge is -2.07. The fourth-order valence-electron chi connectivity index (χ4n) is 1.77. The molecule has 1 aliphatic carbocycles. The number of rotatable bonds is 5. The van der Waals surface area contributed by atoms with E-state index in [2.05, 4.69) is 10.1 Å². The number of methoxy groups -OCH3 is 1. The Kier molecular flexibility index (Phi) is 4.12. The van der Waals surface area contributed by atoms with E-state index < -0.39 is 17.7 Å². The maximum atomic E-state index is 13.6. The van der Waals surface area contributed by atoms with E-state index in [0.29, 0.717) is 0 Å². The van der Waals surface area contributed by atoms with Crippen LogP contribution in [0.3, 0.4) is 0 Å². The van der Waals surface area contributed by atoms with Crippen LogP contribution in [0.2, 0.25) is 0 Å². The van der Waals surface area contributed by atoms with Crippen molar-refractivity contribution in [1.29, 1.82) is 0 Å². The molecule has 0 bridgehead atoms. The number of benzene rings is 1. The molecule has 1 aliphatic rings. The van der Waals surface area contributed by atoms with Crippen LogP contribution < -0.4 is 5.32 Å². The molecule has 1 aromatic rings. The molecule has 0 aromatic heterocycles. The minimum atomic E-state index is -0.676. The van der Waals surface area contributed by atoms with Gasteiger partial charge >= 0.3 is 5.97 Å². The van der Waals surface area contributed by atoms with Crippen molar-refractivity contribution < 1.29 is 23.5 Å². The molecule has 1 saturated carbocycles. The van der Waals surface area contributed by atoms with Gasteiger partial charge in [0.25, 0.3) is 0 Å². The molecule has 6 heteroatoms. The van der Waals surface area contributed by atoms with Gasteiger partial charge in [0.05, 0.1) is 24.8 Å². The number of esters is 1. The molecule has 1 aromatic carbocycles. The van der Waals surface area contributed by atoms with Crippen molar-refractivity contribution in [3.05, 3.63) is 29.6 Å². The van der Waals surface area contributed by atoms with Crippen LogP contribution in [0.25, 0.3) is 0 Å². The topological polar surface area (TPSA) is 72.5 Å². The zero-order valence-corrected chi connectivity index (χ0v) is 10.9. The first-order valence-corrected chi connectivity index (χ1v) is 6.21. The van der Waals surface area contributed by atoms with Gasteiger partial charge in [-0.25, -0.2) is 9.18 Å². The molecule has 1 amide bonds. The monoisotopic (exact) mass is 279 g/mol. The lowest BCUT2D eigenvalue weighted by molar-refractivity contribution is -0.126. The Bertz CT molecular complexity index is 566. The molecule has 20 heavy (non-hydrogen) atoms. The second-order valence-electron chi connectivity index (χ2n) is 4.65. The smallest absolute Gasteiger partial charge is 0.337 e. The standard InChI is InChI=1S/C14H14FNO4/c1-20-14(19)9-4-5-10(15)11(6-9)16-13(18)7-12(17)8-2-3-8/h4-6,8H,2-3,7H2,1H3,(H,16,18). The summed E-state index contributed by atoms with van der Waals surface area (Å²) in [4.78, 5) is 34.5. The number of amides is 1. The van der Waals surface area contributed by atoms with Gasteiger partial charge in [-0.15, -0.1) is 0 Å². The number of ether oxygens (including phenoxy) is 1. The van der Waals surface area contributed by atoms with Crippen molar-refractivity contribution in [2.75, 3.05) is 12.4 Å². The third-order valence-electron chi connectivity index (χ3n) is 3.03. The number of hydrogen-bond donors (Lipinski definition) is 1. The lowest BCUT2D eigenvalue weighted by Crippen LogP contribution is -2.18. The second kappa shape index (κ2) is 5.81. The first-order valence-electron chi connectivity index (χ1n) is 6.21. The molecular weight excluding hydrogens is 265 g/mol. The van der Waals surface area contributed by atoms with Crippen LogP contribution in [0.5, 0.6) is 0 Å². The first kappa shape index (κ1) is 14.2. The Hall–Kier alpha value is -2.24. The third-order valence-corrected chi connectivity index (χ3v) is 3.03. The average molecular weight is 279 g/mol. The average Bonchev–Trinajstić information content (AvgIpc) is 3.24. The van der Waals surface area contributed by atoms with Gasteiger partial charge in [0.2, 0.25) is 5.91 Å². The highest BCUT2D eigenvalue weighted by Crippen LogP contribution is 2.31. The van der Waals surface area contributed by atoms with Crippen molar-refractivity contribution in [1.82, 2.24) is 0 Å². The van der Waals surface area contributed by atoms with E-state index in [1.165, 1.54) is 19.2 Å². The summed E-state index contributed by atoms with van der Waals surface area (Å²) in [5.41, 5.74) is -0.0146. The number of halogens is 1. The number of carbonyl (C=O) groups excluding carboxylic acids is 3. The molecule has 0 radical (unpaired) electrons. The quantitative estimate of drug-likeness (QED) is 0.660. The predicted octanol–water partition coefficient (Wildman–Crippen LogP) is 1.92. The molecule has 1 N–H and O–H groups in total. The van der Waals surface area contributed by atoms with Gasteiger partial charge in [0.15, 0.2) is 0 Å². The summed E-state index contributed by atoms with van der Waals surface area (Å²) < 4.78 is 18.1. The highest BCUT2D eigenvalue weighted by Gasteiger charge is 2.30. The van der Waals surface area contributed by atoms with E-state index in [4.69, 9.17) is 0 Å². The van der Waals surface area contributed by atoms with Gasteiger partial charge in [0.1, 0.15) is 11.6 Å². The fraction of sp³-hybridized carbons (Fsp3) is 0.357. The number of carbonyl (C=O) groups is 3. The summed E-state index contributed by atoms with van der Waals surface area (Å²) in [6, 6.07) is 3.50. The molecule has 0 unspecified atom stereocenters. The number of hydrogen-bond acceptors (Lipinski definition) is 4. The van der Waals surface area contributed by atoms with E-state index in [1.807, 2.05) is 0 Å². The minimum absolute atomic E-state index is 0.0213. The van der Waals surface area contributed by atoms with Gasteiger partial charge in [-0.05, 0) is 31.0 Å². The maximum Gasteiger partial charge on any atom is 0.337 e. The van der Waals surface area contributed by atoms with Crippen LogP contribution in [0.1, 0.15) is 29.6 Å². The van der Waals surface area contributed by atoms with Gasteiger partial charge < -0.3 is 10.1 Å². The van der Waals surface area contributed by atoms with E-state index in [-0.39, 0.29) is 29.4 Å². The zero-order chi connectivity index (χ0) is 14.7. The molecule has 0 aliphatic heterocycles. The van der Waals surface area contributed by atoms with E-state index >= 15 is 0 Å². The van der Waals surface area contributed by atoms with Crippen LogP contribution >= 0.6 is 0 Å². The van der Waals surface area contributed by atoms with Gasteiger partial charge in [-0.3, -0.25) is 9.59 Å². The maximum absolute atomic E-state index is 13.6. The highest BCUT2D eigenvalue weighted by molar-refractivity contribution is 6.06. The van der Waals surface area contributed by atoms with Crippen LogP contribution in [-0.2, 0) is 14.3 Å². The summed E-state index contributed by atoms with van der Waals surface area (Å²) in [6.07, 6.45) is 1.36. The Balaban J connectivity index is 2.05. The summed E-state index contributed by atoms with van der Waals surface area (Å²) in [5, 5.41) is 2.30. The Morgan fingerprint density at radius 3 is 2.65 bits per heavy atom. The summed E-state index contributed by atoms with van der Waals surface area (Å²) in [7, 11) is 1.21. The van der Waals surface area contributed by atoms with Crippen molar-refractivity contribution in [3.63, 3.8) is 0 Å². The Labute approximate surface area is 115 Å². The number of anilines is 1. The number of ketones is 1. The molecular formula is C14H14FNO4. The largest absolute Gasteiger partial charge is 0.465 e. The van der Waals surface area contributed by atoms with E-state index in [9.17, 15) is 18.8 Å². The van der Waals surface area contributed by atoms with Crippen molar-refractivity contribution >= 4 is 23.3 Å². The van der Waals surface area contributed by atoms with Crippen LogP contribution in [-0.4, -0.2) is 24.8 Å². The second-order valence-corrected chi connectivity index (χ2v) is 4.65. The SMILES string of the molecule is COC(=O)c1ccc(F)c(NC(=O)CC(=O)C2CC2)c1. The Morgan fingerprint density at radius 1 is 1.35 bits per heavy atom. The molecule has 0 saturated heterocycles. The Morgan fingerprint density at radius 2 is 2.05 bits per heavy atom. The molecule has 106 valence electrons. The lowest BCUT2D eigenvalue weighted by atomic mass is 10.1. The van der Waals surface area contributed by atoms with Crippen molar-refractivity contribution in [3.8, 4) is 0 Å². The minimum Gasteiger partial charge on any atom is -0.465 e. The predicted molar refractivity (Wildman–Crippen MR) is 68.7 cm³/mol. The van der Waals surface area contributed by atoms with Gasteiger partial charge in [-0.1, -0.05) is 0 Å². The summed E-state index contributed by atoms with van der Waals surface area (Å²) in [5.74, 6) is -2.04. The van der Waals surface area contributed by atoms with E-state index in [0.717, 1.165) is 18.9 Å². The molecule has 2 rings (SSSR count). The third kappa shape index (κ3) is 3.40. The summed E-state index contributed by atoms with van der Waals surface area (Å²) in [6.45, 7) is 0. The van der Waals surface area contributed by atoms with Crippen LogP contribution in [0.15, 0.2) is 18.2 Å². The van der Waals surface area contributed by atoms with Crippen LogP contribution in [0, 0.1) is 11.7 Å². The molecule has 1 fully saturated rings. The van der Waals surface area contributed by atoms with E-state index in [1.54, 1.807) is 0 Å². The fourth-order valence-corrected chi connectivity index (χ4v) is 1.77. The van der Waals surface area contributed by atoms with Gasteiger partial charge in [-0.2, -0.15) is 0 Å². The van der Waals surface area contributed by atoms with Crippen LogP contribution in [0.4, 0.5) is 10.1 Å². The normalized spacial score (nSPS) is 13.7. The first-order chi connectivity index (χ1) is 9.51. The van der Waals surface area contributed by atoms with Crippen molar-refractivity contribution in [2.45, 2.75) is 19.3 Å². The van der Waals surface area contributed by atoms with Gasteiger partial charge in [0, 0.05) is 5.92 Å². The molecule has 0 spiro atoms.